The van der Waals surface area contributed by atoms with Gasteiger partial charge in [0.05, 0.1) is 38.6 Å². The molecule has 0 radical (unpaired) electrons. The summed E-state index contributed by atoms with van der Waals surface area (Å²) in [4.78, 5) is 18.6. The number of benzene rings is 1. The average molecular weight is 433 g/mol. The van der Waals surface area contributed by atoms with Gasteiger partial charge in [0.15, 0.2) is 11.5 Å². The zero-order chi connectivity index (χ0) is 21.5. The number of hydrogen-bond donors (Lipinski definition) is 0. The number of nitrogens with zero attached hydrogens (tertiary/aromatic N) is 2. The van der Waals surface area contributed by atoms with Gasteiger partial charge in [0.2, 0.25) is 5.91 Å². The summed E-state index contributed by atoms with van der Waals surface area (Å²) in [5.74, 6) is 1.52. The highest BCUT2D eigenvalue weighted by Crippen LogP contribution is 2.37. The Bertz CT molecular complexity index is 901. The van der Waals surface area contributed by atoms with Crippen molar-refractivity contribution in [3.63, 3.8) is 0 Å². The first-order valence-corrected chi connectivity index (χ1v) is 9.94. The lowest BCUT2D eigenvalue weighted by Gasteiger charge is -2.32. The molecule has 1 aliphatic heterocycles. The Balaban J connectivity index is 1.59. The smallest absolute Gasteiger partial charge is 0.246 e. The molecule has 0 N–H and O–H groups in total. The van der Waals surface area contributed by atoms with Crippen molar-refractivity contribution < 1.29 is 23.7 Å². The van der Waals surface area contributed by atoms with Crippen LogP contribution < -0.4 is 14.2 Å². The van der Waals surface area contributed by atoms with E-state index in [1.807, 2.05) is 19.1 Å². The third-order valence-corrected chi connectivity index (χ3v) is 5.08. The number of carbonyl (C=O) groups excluding carboxylic acids is 1. The molecular weight excluding hydrogens is 408 g/mol. The molecule has 0 bridgehead atoms. The van der Waals surface area contributed by atoms with Crippen LogP contribution in [0.1, 0.15) is 11.3 Å². The van der Waals surface area contributed by atoms with E-state index >= 15 is 0 Å². The second kappa shape index (κ2) is 10.3. The number of methoxy groups -OCH3 is 2. The standard InChI is InChI=1S/C22H25ClN2O5/c1-15-4-7-17(12-24-15)30-14-18-13-25(10-11-29-18)20(26)9-6-16-5-8-19(27-2)22(28-3)21(16)23/h4-9,12,18H,10-11,13-14H2,1-3H3/b9-6+. The highest BCUT2D eigenvalue weighted by atomic mass is 35.5. The minimum Gasteiger partial charge on any atom is -0.493 e. The SMILES string of the molecule is COc1ccc(/C=C/C(=O)N2CCOC(COc3ccc(C)nc3)C2)c(Cl)c1OC. The maximum Gasteiger partial charge on any atom is 0.246 e. The summed E-state index contributed by atoms with van der Waals surface area (Å²) in [6, 6.07) is 7.27. The van der Waals surface area contributed by atoms with Gasteiger partial charge < -0.3 is 23.8 Å². The first-order chi connectivity index (χ1) is 14.5. The summed E-state index contributed by atoms with van der Waals surface area (Å²) in [6.07, 6.45) is 4.64. The van der Waals surface area contributed by atoms with Crippen molar-refractivity contribution in [2.45, 2.75) is 13.0 Å². The largest absolute Gasteiger partial charge is 0.493 e. The van der Waals surface area contributed by atoms with Crippen LogP contribution in [0.25, 0.3) is 6.08 Å². The van der Waals surface area contributed by atoms with Crippen LogP contribution in [0.2, 0.25) is 5.02 Å². The summed E-state index contributed by atoms with van der Waals surface area (Å²) in [6.45, 7) is 3.68. The van der Waals surface area contributed by atoms with Crippen LogP contribution >= 0.6 is 11.6 Å². The molecule has 30 heavy (non-hydrogen) atoms. The third-order valence-electron chi connectivity index (χ3n) is 4.69. The second-order valence-electron chi connectivity index (χ2n) is 6.76. The normalized spacial score (nSPS) is 16.5. The van der Waals surface area contributed by atoms with Crippen LogP contribution in [0.4, 0.5) is 0 Å². The average Bonchev–Trinajstić information content (AvgIpc) is 2.77. The monoisotopic (exact) mass is 432 g/mol. The Kier molecular flexibility index (Phi) is 7.54. The van der Waals surface area contributed by atoms with Crippen molar-refractivity contribution in [1.29, 1.82) is 0 Å². The predicted octanol–water partition coefficient (Wildman–Crippen LogP) is 3.38. The lowest BCUT2D eigenvalue weighted by Crippen LogP contribution is -2.47. The molecule has 3 rings (SSSR count). The van der Waals surface area contributed by atoms with Gasteiger partial charge in [-0.1, -0.05) is 11.6 Å². The van der Waals surface area contributed by atoms with Gasteiger partial charge in [-0.3, -0.25) is 9.78 Å². The highest BCUT2D eigenvalue weighted by Gasteiger charge is 2.23. The summed E-state index contributed by atoms with van der Waals surface area (Å²) in [7, 11) is 3.06. The number of aromatic nitrogens is 1. The quantitative estimate of drug-likeness (QED) is 0.625. The van der Waals surface area contributed by atoms with E-state index in [0.717, 1.165) is 5.69 Å². The molecule has 1 unspecified atom stereocenters. The van der Waals surface area contributed by atoms with Gasteiger partial charge in [0, 0.05) is 18.3 Å². The number of amides is 1. The van der Waals surface area contributed by atoms with Crippen LogP contribution in [0, 0.1) is 6.92 Å². The van der Waals surface area contributed by atoms with Crippen molar-refractivity contribution >= 4 is 23.6 Å². The molecule has 7 nitrogen and oxygen atoms in total. The molecule has 2 heterocycles. The summed E-state index contributed by atoms with van der Waals surface area (Å²) >= 11 is 6.37. The van der Waals surface area contributed by atoms with Gasteiger partial charge >= 0.3 is 0 Å². The van der Waals surface area contributed by atoms with Crippen LogP contribution in [-0.2, 0) is 9.53 Å². The fourth-order valence-electron chi connectivity index (χ4n) is 3.05. The molecule has 1 aromatic heterocycles. The number of hydrogen-bond acceptors (Lipinski definition) is 6. The fraction of sp³-hybridized carbons (Fsp3) is 0.364. The first-order valence-electron chi connectivity index (χ1n) is 9.56. The topological polar surface area (TPSA) is 70.1 Å². The van der Waals surface area contributed by atoms with E-state index in [0.29, 0.717) is 54.1 Å². The van der Waals surface area contributed by atoms with E-state index in [4.69, 9.17) is 30.5 Å². The molecule has 8 heteroatoms. The lowest BCUT2D eigenvalue weighted by atomic mass is 10.1. The molecule has 0 spiro atoms. The Hall–Kier alpha value is -2.77. The third kappa shape index (κ3) is 5.43. The molecule has 1 atom stereocenters. The Morgan fingerprint density at radius 1 is 1.30 bits per heavy atom. The van der Waals surface area contributed by atoms with Crippen LogP contribution in [-0.4, -0.2) is 62.4 Å². The van der Waals surface area contributed by atoms with Gasteiger partial charge in [-0.15, -0.1) is 0 Å². The lowest BCUT2D eigenvalue weighted by molar-refractivity contribution is -0.134. The van der Waals surface area contributed by atoms with E-state index in [1.54, 1.807) is 36.4 Å². The predicted molar refractivity (Wildman–Crippen MR) is 114 cm³/mol. The molecule has 1 fully saturated rings. The molecule has 0 saturated carbocycles. The van der Waals surface area contributed by atoms with Gasteiger partial charge in [0.1, 0.15) is 18.5 Å². The highest BCUT2D eigenvalue weighted by molar-refractivity contribution is 6.33. The molecule has 0 aliphatic carbocycles. The van der Waals surface area contributed by atoms with Crippen LogP contribution in [0.3, 0.4) is 0 Å². The molecule has 1 saturated heterocycles. The summed E-state index contributed by atoms with van der Waals surface area (Å²) in [5, 5.41) is 0.390. The van der Waals surface area contributed by atoms with Crippen molar-refractivity contribution in [2.24, 2.45) is 0 Å². The van der Waals surface area contributed by atoms with Crippen LogP contribution in [0.15, 0.2) is 36.5 Å². The molecule has 1 amide bonds. The van der Waals surface area contributed by atoms with Crippen molar-refractivity contribution in [3.8, 4) is 17.2 Å². The van der Waals surface area contributed by atoms with Crippen molar-refractivity contribution in [3.05, 3.63) is 52.8 Å². The zero-order valence-electron chi connectivity index (χ0n) is 17.3. The number of pyridine rings is 1. The maximum absolute atomic E-state index is 12.7. The second-order valence-corrected chi connectivity index (χ2v) is 7.14. The van der Waals surface area contributed by atoms with E-state index in [2.05, 4.69) is 4.98 Å². The van der Waals surface area contributed by atoms with Crippen molar-refractivity contribution in [1.82, 2.24) is 9.88 Å². The minimum atomic E-state index is -0.206. The summed E-state index contributed by atoms with van der Waals surface area (Å²) in [5.41, 5.74) is 1.59. The maximum atomic E-state index is 12.7. The number of morpholine rings is 1. The molecule has 160 valence electrons. The number of ether oxygens (including phenoxy) is 4. The van der Waals surface area contributed by atoms with E-state index in [-0.39, 0.29) is 12.0 Å². The number of aryl methyl sites for hydroxylation is 1. The fourth-order valence-corrected chi connectivity index (χ4v) is 3.35. The van der Waals surface area contributed by atoms with Crippen molar-refractivity contribution in [2.75, 3.05) is 40.5 Å². The molecule has 1 aromatic carbocycles. The zero-order valence-corrected chi connectivity index (χ0v) is 18.0. The van der Waals surface area contributed by atoms with Crippen LogP contribution in [0.5, 0.6) is 17.2 Å². The number of carbonyl (C=O) groups is 1. The van der Waals surface area contributed by atoms with Gasteiger partial charge in [-0.05, 0) is 42.8 Å². The Morgan fingerprint density at radius 3 is 2.83 bits per heavy atom. The van der Waals surface area contributed by atoms with E-state index in [1.165, 1.54) is 13.2 Å². The minimum absolute atomic E-state index is 0.119. The summed E-state index contributed by atoms with van der Waals surface area (Å²) < 4.78 is 22.0. The number of rotatable bonds is 7. The van der Waals surface area contributed by atoms with Gasteiger partial charge in [0.25, 0.3) is 0 Å². The molecule has 1 aliphatic rings. The number of halogens is 1. The van der Waals surface area contributed by atoms with E-state index < -0.39 is 0 Å². The van der Waals surface area contributed by atoms with Gasteiger partial charge in [-0.2, -0.15) is 0 Å². The Labute approximate surface area is 181 Å². The molecular formula is C22H25ClN2O5. The Morgan fingerprint density at radius 2 is 2.13 bits per heavy atom. The molecule has 2 aromatic rings. The first kappa shape index (κ1) is 21.9. The van der Waals surface area contributed by atoms with E-state index in [9.17, 15) is 4.79 Å². The van der Waals surface area contributed by atoms with Gasteiger partial charge in [-0.25, -0.2) is 0 Å².